The van der Waals surface area contributed by atoms with Gasteiger partial charge in [0, 0.05) is 31.2 Å². The maximum Gasteiger partial charge on any atom is 0.254 e. The molecule has 2 rings (SSSR count). The minimum Gasteiger partial charge on any atom is -0.396 e. The van der Waals surface area contributed by atoms with Crippen LogP contribution >= 0.6 is 0 Å². The second-order valence-corrected chi connectivity index (χ2v) is 6.04. The number of hydrogen-bond acceptors (Lipinski definition) is 3. The van der Waals surface area contributed by atoms with E-state index in [2.05, 4.69) is 10.6 Å². The Labute approximate surface area is 135 Å². The zero-order valence-corrected chi connectivity index (χ0v) is 13.3. The molecule has 0 heterocycles. The number of rotatable bonds is 4. The summed E-state index contributed by atoms with van der Waals surface area (Å²) >= 11 is 0. The molecule has 0 radical (unpaired) electrons. The molecule has 1 saturated carbocycles. The van der Waals surface area contributed by atoms with Crippen molar-refractivity contribution in [1.29, 1.82) is 0 Å². The van der Waals surface area contributed by atoms with E-state index >= 15 is 0 Å². The number of halogens is 1. The Morgan fingerprint density at radius 2 is 2.00 bits per heavy atom. The molecule has 2 atom stereocenters. The number of nitrogens with one attached hydrogen (secondary N) is 2. The van der Waals surface area contributed by atoms with Crippen LogP contribution in [0, 0.1) is 11.7 Å². The number of aliphatic hydroxyl groups excluding tert-OH is 1. The van der Waals surface area contributed by atoms with Gasteiger partial charge in [-0.1, -0.05) is 19.3 Å². The number of carbonyl (C=O) groups is 2. The molecule has 2 unspecified atom stereocenters. The minimum absolute atomic E-state index is 0.00281. The summed E-state index contributed by atoms with van der Waals surface area (Å²) in [4.78, 5) is 23.5. The Morgan fingerprint density at radius 3 is 2.70 bits per heavy atom. The number of carbonyl (C=O) groups excluding carboxylic acids is 2. The van der Waals surface area contributed by atoms with Gasteiger partial charge in [0.1, 0.15) is 5.82 Å². The highest BCUT2D eigenvalue weighted by Crippen LogP contribution is 2.24. The van der Waals surface area contributed by atoms with Gasteiger partial charge >= 0.3 is 0 Å². The van der Waals surface area contributed by atoms with Crippen LogP contribution in [0.1, 0.15) is 49.4 Å². The summed E-state index contributed by atoms with van der Waals surface area (Å²) in [5.74, 6) is -1.43. The second kappa shape index (κ2) is 8.06. The smallest absolute Gasteiger partial charge is 0.254 e. The van der Waals surface area contributed by atoms with Crippen LogP contribution in [0.4, 0.5) is 10.1 Å². The summed E-state index contributed by atoms with van der Waals surface area (Å²) in [5.41, 5.74) is 0.279. The molecule has 1 fully saturated rings. The fourth-order valence-electron chi connectivity index (χ4n) is 3.02. The van der Waals surface area contributed by atoms with Crippen molar-refractivity contribution in [3.8, 4) is 0 Å². The summed E-state index contributed by atoms with van der Waals surface area (Å²) in [6, 6.07) is 3.75. The lowest BCUT2D eigenvalue weighted by Gasteiger charge is -2.24. The molecule has 1 aliphatic rings. The lowest BCUT2D eigenvalue weighted by molar-refractivity contribution is -0.114. The Bertz CT molecular complexity index is 577. The quantitative estimate of drug-likeness (QED) is 0.745. The summed E-state index contributed by atoms with van der Waals surface area (Å²) in [6.07, 6.45) is 4.73. The fraction of sp³-hybridized carbons (Fsp3) is 0.529. The molecule has 6 heteroatoms. The van der Waals surface area contributed by atoms with Crippen LogP contribution in [0.5, 0.6) is 0 Å². The van der Waals surface area contributed by atoms with Crippen molar-refractivity contribution in [2.45, 2.75) is 45.1 Å². The number of anilines is 1. The molecule has 2 amide bonds. The van der Waals surface area contributed by atoms with Gasteiger partial charge in [-0.15, -0.1) is 0 Å². The average Bonchev–Trinajstić information content (AvgIpc) is 2.73. The molecular formula is C17H23FN2O3. The van der Waals surface area contributed by atoms with Gasteiger partial charge in [-0.25, -0.2) is 4.39 Å². The topological polar surface area (TPSA) is 78.4 Å². The van der Waals surface area contributed by atoms with Gasteiger partial charge in [0.25, 0.3) is 5.91 Å². The van der Waals surface area contributed by atoms with Crippen LogP contribution in [0.2, 0.25) is 0 Å². The highest BCUT2D eigenvalue weighted by Gasteiger charge is 2.26. The predicted octanol–water partition coefficient (Wildman–Crippen LogP) is 2.46. The van der Waals surface area contributed by atoms with E-state index in [9.17, 15) is 19.1 Å². The normalized spacial score (nSPS) is 21.3. The molecule has 0 aliphatic heterocycles. The first-order valence-corrected chi connectivity index (χ1v) is 8.00. The predicted molar refractivity (Wildman–Crippen MR) is 85.6 cm³/mol. The van der Waals surface area contributed by atoms with Crippen LogP contribution in [0.15, 0.2) is 18.2 Å². The maximum absolute atomic E-state index is 13.9. The van der Waals surface area contributed by atoms with Crippen molar-refractivity contribution in [1.82, 2.24) is 5.32 Å². The molecule has 126 valence electrons. The van der Waals surface area contributed by atoms with E-state index in [4.69, 9.17) is 0 Å². The van der Waals surface area contributed by atoms with E-state index < -0.39 is 11.7 Å². The van der Waals surface area contributed by atoms with E-state index in [1.807, 2.05) is 0 Å². The molecule has 0 spiro atoms. The summed E-state index contributed by atoms with van der Waals surface area (Å²) in [7, 11) is 0. The summed E-state index contributed by atoms with van der Waals surface area (Å²) < 4.78 is 13.9. The Morgan fingerprint density at radius 1 is 1.26 bits per heavy atom. The number of hydrogen-bond donors (Lipinski definition) is 3. The molecule has 1 aliphatic carbocycles. The molecule has 23 heavy (non-hydrogen) atoms. The average molecular weight is 322 g/mol. The van der Waals surface area contributed by atoms with Crippen molar-refractivity contribution < 1.29 is 19.1 Å². The van der Waals surface area contributed by atoms with Gasteiger partial charge in [-0.2, -0.15) is 0 Å². The molecular weight excluding hydrogens is 299 g/mol. The zero-order chi connectivity index (χ0) is 16.8. The highest BCUT2D eigenvalue weighted by atomic mass is 19.1. The van der Waals surface area contributed by atoms with Gasteiger partial charge in [-0.3, -0.25) is 9.59 Å². The molecule has 1 aromatic rings. The van der Waals surface area contributed by atoms with Crippen molar-refractivity contribution >= 4 is 17.5 Å². The number of benzene rings is 1. The number of aliphatic hydroxyl groups is 1. The molecule has 3 N–H and O–H groups in total. The third kappa shape index (κ3) is 4.76. The van der Waals surface area contributed by atoms with E-state index in [1.54, 1.807) is 0 Å². The SMILES string of the molecule is CC(=O)Nc1ccc(F)c(C(=O)NC2CCCCCC2CO)c1. The fourth-order valence-corrected chi connectivity index (χ4v) is 3.02. The van der Waals surface area contributed by atoms with Crippen molar-refractivity contribution in [3.05, 3.63) is 29.6 Å². The maximum atomic E-state index is 13.9. The first-order valence-electron chi connectivity index (χ1n) is 8.00. The Hall–Kier alpha value is -1.95. The molecule has 0 saturated heterocycles. The standard InChI is InChI=1S/C17H23FN2O3/c1-11(22)19-13-7-8-15(18)14(9-13)17(23)20-16-6-4-2-3-5-12(16)10-21/h7-9,12,16,21H,2-6,10H2,1H3,(H,19,22)(H,20,23). The van der Waals surface area contributed by atoms with Crippen LogP contribution in [-0.2, 0) is 4.79 Å². The van der Waals surface area contributed by atoms with Crippen molar-refractivity contribution in [2.24, 2.45) is 5.92 Å². The van der Waals surface area contributed by atoms with Gasteiger partial charge in [-0.05, 0) is 31.0 Å². The van der Waals surface area contributed by atoms with Crippen LogP contribution in [0.25, 0.3) is 0 Å². The largest absolute Gasteiger partial charge is 0.396 e. The van der Waals surface area contributed by atoms with Gasteiger partial charge < -0.3 is 15.7 Å². The van der Waals surface area contributed by atoms with Crippen LogP contribution < -0.4 is 10.6 Å². The lowest BCUT2D eigenvalue weighted by Crippen LogP contribution is -2.41. The zero-order valence-electron chi connectivity index (χ0n) is 13.3. The first kappa shape index (κ1) is 17.4. The van der Waals surface area contributed by atoms with Crippen molar-refractivity contribution in [3.63, 3.8) is 0 Å². The van der Waals surface area contributed by atoms with Crippen LogP contribution in [-0.4, -0.2) is 29.6 Å². The van der Waals surface area contributed by atoms with Gasteiger partial charge in [0.15, 0.2) is 0 Å². The third-order valence-electron chi connectivity index (χ3n) is 4.24. The van der Waals surface area contributed by atoms with E-state index in [0.29, 0.717) is 5.69 Å². The number of amides is 2. The Balaban J connectivity index is 2.14. The monoisotopic (exact) mass is 322 g/mol. The summed E-state index contributed by atoms with van der Waals surface area (Å²) in [5, 5.41) is 14.9. The van der Waals surface area contributed by atoms with Crippen LogP contribution in [0.3, 0.4) is 0 Å². The Kier molecular flexibility index (Phi) is 6.10. The van der Waals surface area contributed by atoms with E-state index in [1.165, 1.54) is 19.1 Å². The lowest BCUT2D eigenvalue weighted by atomic mass is 9.95. The first-order chi connectivity index (χ1) is 11.0. The molecule has 0 aromatic heterocycles. The van der Waals surface area contributed by atoms with E-state index in [0.717, 1.165) is 38.2 Å². The highest BCUT2D eigenvalue weighted by molar-refractivity contribution is 5.97. The van der Waals surface area contributed by atoms with E-state index in [-0.39, 0.29) is 30.0 Å². The summed E-state index contributed by atoms with van der Waals surface area (Å²) in [6.45, 7) is 1.36. The third-order valence-corrected chi connectivity index (χ3v) is 4.24. The molecule has 5 nitrogen and oxygen atoms in total. The minimum atomic E-state index is -0.634. The van der Waals surface area contributed by atoms with Gasteiger partial charge in [0.05, 0.1) is 5.56 Å². The van der Waals surface area contributed by atoms with Crippen molar-refractivity contribution in [2.75, 3.05) is 11.9 Å². The molecule has 0 bridgehead atoms. The van der Waals surface area contributed by atoms with Gasteiger partial charge in [0.2, 0.25) is 5.91 Å². The second-order valence-electron chi connectivity index (χ2n) is 6.04. The molecule has 1 aromatic carbocycles.